The summed E-state index contributed by atoms with van der Waals surface area (Å²) in [6, 6.07) is 7.01. The van der Waals surface area contributed by atoms with Gasteiger partial charge in [0.25, 0.3) is 0 Å². The van der Waals surface area contributed by atoms with E-state index in [9.17, 15) is 13.2 Å². The minimum absolute atomic E-state index is 0.364. The molecule has 1 nitrogen and oxygen atoms in total. The number of thiophene rings is 2. The van der Waals surface area contributed by atoms with Crippen molar-refractivity contribution in [3.8, 4) is 0 Å². The smallest absolute Gasteiger partial charge is 0.297 e. The van der Waals surface area contributed by atoms with Gasteiger partial charge in [-0.1, -0.05) is 12.1 Å². The van der Waals surface area contributed by atoms with Crippen LogP contribution in [0.25, 0.3) is 0 Å². The summed E-state index contributed by atoms with van der Waals surface area (Å²) in [5, 5.41) is 6.29. The first-order chi connectivity index (χ1) is 8.06. The lowest BCUT2D eigenvalue weighted by molar-refractivity contribution is -0.125. The molecule has 2 aromatic rings. The number of hydrogen-bond acceptors (Lipinski definition) is 3. The van der Waals surface area contributed by atoms with Gasteiger partial charge in [0.05, 0.1) is 12.6 Å². The SMILES string of the molecule is FC(F)(F)CNC(c1cccs1)c1cccs1. The molecule has 0 aliphatic carbocycles. The molecule has 0 unspecified atom stereocenters. The molecule has 6 heteroatoms. The Labute approximate surface area is 105 Å². The predicted molar refractivity (Wildman–Crippen MR) is 64.5 cm³/mol. The molecule has 0 aromatic carbocycles. The van der Waals surface area contributed by atoms with Gasteiger partial charge in [-0.15, -0.1) is 22.7 Å². The molecular formula is C11H10F3NS2. The van der Waals surface area contributed by atoms with Crippen LogP contribution < -0.4 is 5.32 Å². The molecule has 0 aliphatic heterocycles. The van der Waals surface area contributed by atoms with E-state index in [2.05, 4.69) is 5.32 Å². The molecule has 0 amide bonds. The Bertz CT molecular complexity index is 399. The monoisotopic (exact) mass is 277 g/mol. The van der Waals surface area contributed by atoms with Crippen molar-refractivity contribution in [2.24, 2.45) is 0 Å². The summed E-state index contributed by atoms with van der Waals surface area (Å²) in [5.41, 5.74) is 0. The maximum Gasteiger partial charge on any atom is 0.401 e. The van der Waals surface area contributed by atoms with Crippen LogP contribution in [0.5, 0.6) is 0 Å². The van der Waals surface area contributed by atoms with Gasteiger partial charge in [0.15, 0.2) is 0 Å². The molecule has 2 rings (SSSR count). The maximum atomic E-state index is 12.2. The Hall–Kier alpha value is -0.850. The highest BCUT2D eigenvalue weighted by atomic mass is 32.1. The zero-order chi connectivity index (χ0) is 12.3. The molecule has 17 heavy (non-hydrogen) atoms. The average molecular weight is 277 g/mol. The van der Waals surface area contributed by atoms with E-state index in [1.165, 1.54) is 22.7 Å². The first-order valence-corrected chi connectivity index (χ1v) is 6.69. The van der Waals surface area contributed by atoms with Crippen LogP contribution >= 0.6 is 22.7 Å². The molecule has 0 aliphatic rings. The zero-order valence-electron chi connectivity index (χ0n) is 8.70. The van der Waals surface area contributed by atoms with E-state index in [0.29, 0.717) is 0 Å². The second-order valence-electron chi connectivity index (χ2n) is 3.46. The Morgan fingerprint density at radius 3 is 1.94 bits per heavy atom. The van der Waals surface area contributed by atoms with E-state index >= 15 is 0 Å². The van der Waals surface area contributed by atoms with Crippen LogP contribution in [0, 0.1) is 0 Å². The first-order valence-electron chi connectivity index (χ1n) is 4.93. The second kappa shape index (κ2) is 5.20. The van der Waals surface area contributed by atoms with Crippen LogP contribution in [0.1, 0.15) is 15.8 Å². The molecule has 0 atom stereocenters. The Morgan fingerprint density at radius 1 is 1.06 bits per heavy atom. The highest BCUT2D eigenvalue weighted by Crippen LogP contribution is 2.29. The first kappa shape index (κ1) is 12.6. The molecule has 0 fully saturated rings. The third kappa shape index (κ3) is 3.55. The number of halogens is 3. The van der Waals surface area contributed by atoms with E-state index in [-0.39, 0.29) is 6.04 Å². The number of rotatable bonds is 4. The summed E-state index contributed by atoms with van der Waals surface area (Å²) >= 11 is 2.91. The van der Waals surface area contributed by atoms with Gasteiger partial charge in [0.1, 0.15) is 0 Å². The van der Waals surface area contributed by atoms with Crippen molar-refractivity contribution in [2.45, 2.75) is 12.2 Å². The van der Waals surface area contributed by atoms with Gasteiger partial charge in [-0.3, -0.25) is 5.32 Å². The molecular weight excluding hydrogens is 267 g/mol. The number of nitrogens with one attached hydrogen (secondary N) is 1. The van der Waals surface area contributed by atoms with Gasteiger partial charge < -0.3 is 0 Å². The highest BCUT2D eigenvalue weighted by molar-refractivity contribution is 7.11. The molecule has 0 spiro atoms. The highest BCUT2D eigenvalue weighted by Gasteiger charge is 2.29. The van der Waals surface area contributed by atoms with Crippen molar-refractivity contribution in [1.82, 2.24) is 5.32 Å². The molecule has 2 aromatic heterocycles. The van der Waals surface area contributed by atoms with Gasteiger partial charge >= 0.3 is 6.18 Å². The van der Waals surface area contributed by atoms with Crippen molar-refractivity contribution < 1.29 is 13.2 Å². The van der Waals surface area contributed by atoms with Gasteiger partial charge in [-0.05, 0) is 22.9 Å². The van der Waals surface area contributed by atoms with Crippen molar-refractivity contribution in [1.29, 1.82) is 0 Å². The normalized spacial score (nSPS) is 12.2. The largest absolute Gasteiger partial charge is 0.401 e. The van der Waals surface area contributed by atoms with Gasteiger partial charge in [-0.2, -0.15) is 13.2 Å². The molecule has 0 saturated heterocycles. The lowest BCUT2D eigenvalue weighted by atomic mass is 10.2. The van der Waals surface area contributed by atoms with E-state index < -0.39 is 12.7 Å². The maximum absolute atomic E-state index is 12.2. The van der Waals surface area contributed by atoms with E-state index in [0.717, 1.165) is 9.75 Å². The fourth-order valence-electron chi connectivity index (χ4n) is 1.47. The van der Waals surface area contributed by atoms with Crippen LogP contribution in [-0.2, 0) is 0 Å². The van der Waals surface area contributed by atoms with Crippen molar-refractivity contribution in [2.75, 3.05) is 6.54 Å². The van der Waals surface area contributed by atoms with Crippen LogP contribution in [-0.4, -0.2) is 12.7 Å². The Kier molecular flexibility index (Phi) is 3.86. The van der Waals surface area contributed by atoms with Gasteiger partial charge in [-0.25, -0.2) is 0 Å². The summed E-state index contributed by atoms with van der Waals surface area (Å²) in [6.07, 6.45) is -4.19. The van der Waals surface area contributed by atoms with Crippen LogP contribution in [0.15, 0.2) is 35.0 Å². The summed E-state index contributed by atoms with van der Waals surface area (Å²) in [7, 11) is 0. The van der Waals surface area contributed by atoms with E-state index in [4.69, 9.17) is 0 Å². The third-order valence-electron chi connectivity index (χ3n) is 2.16. The number of alkyl halides is 3. The summed E-state index contributed by atoms with van der Waals surface area (Å²) in [5.74, 6) is 0. The molecule has 92 valence electrons. The predicted octanol–water partition coefficient (Wildman–Crippen LogP) is 4.05. The minimum Gasteiger partial charge on any atom is -0.297 e. The summed E-state index contributed by atoms with van der Waals surface area (Å²) in [4.78, 5) is 1.80. The summed E-state index contributed by atoms with van der Waals surface area (Å²) in [6.45, 7) is -0.979. The van der Waals surface area contributed by atoms with Gasteiger partial charge in [0, 0.05) is 9.75 Å². The van der Waals surface area contributed by atoms with Crippen molar-refractivity contribution in [3.63, 3.8) is 0 Å². The quantitative estimate of drug-likeness (QED) is 0.889. The molecule has 0 saturated carbocycles. The fraction of sp³-hybridized carbons (Fsp3) is 0.273. The minimum atomic E-state index is -4.19. The van der Waals surface area contributed by atoms with Gasteiger partial charge in [0.2, 0.25) is 0 Å². The van der Waals surface area contributed by atoms with E-state index in [1.54, 1.807) is 0 Å². The van der Waals surface area contributed by atoms with Crippen molar-refractivity contribution in [3.05, 3.63) is 44.8 Å². The Balaban J connectivity index is 2.15. The second-order valence-corrected chi connectivity index (χ2v) is 5.42. The van der Waals surface area contributed by atoms with Crippen LogP contribution in [0.3, 0.4) is 0 Å². The zero-order valence-corrected chi connectivity index (χ0v) is 10.3. The lowest BCUT2D eigenvalue weighted by Gasteiger charge is -2.17. The molecule has 0 bridgehead atoms. The lowest BCUT2D eigenvalue weighted by Crippen LogP contribution is -2.31. The van der Waals surface area contributed by atoms with Crippen LogP contribution in [0.2, 0.25) is 0 Å². The molecule has 1 N–H and O–H groups in total. The average Bonchev–Trinajstić information content (AvgIpc) is 2.86. The van der Waals surface area contributed by atoms with E-state index in [1.807, 2.05) is 35.0 Å². The van der Waals surface area contributed by atoms with Crippen LogP contribution in [0.4, 0.5) is 13.2 Å². The number of hydrogen-bond donors (Lipinski definition) is 1. The Morgan fingerprint density at radius 2 is 1.59 bits per heavy atom. The third-order valence-corrected chi connectivity index (χ3v) is 4.04. The summed E-state index contributed by atoms with van der Waals surface area (Å²) < 4.78 is 36.7. The fourth-order valence-corrected chi connectivity index (χ4v) is 3.18. The van der Waals surface area contributed by atoms with Crippen molar-refractivity contribution >= 4 is 22.7 Å². The standard InChI is InChI=1S/C11H10F3NS2/c12-11(13,14)7-15-10(8-3-1-5-16-8)9-4-2-6-17-9/h1-6,10,15H,7H2. The molecule has 2 heterocycles. The topological polar surface area (TPSA) is 12.0 Å². The molecule has 0 radical (unpaired) electrons.